The standard InChI is InChI=1S/C18H17F2N3O2/c19-14-7-5-13(6-8-14)11-21-17(24)12-22-9-10-23(18(22)25)16-4-2-1-3-15(16)20/h1-8H,9-12H2,(H,21,24). The maximum absolute atomic E-state index is 13.8. The van der Waals surface area contributed by atoms with Crippen LogP contribution in [0.3, 0.4) is 0 Å². The molecule has 0 atom stereocenters. The lowest BCUT2D eigenvalue weighted by Gasteiger charge is -2.18. The fourth-order valence-corrected chi connectivity index (χ4v) is 2.66. The zero-order chi connectivity index (χ0) is 17.8. The Morgan fingerprint density at radius 2 is 1.76 bits per heavy atom. The molecule has 0 radical (unpaired) electrons. The molecule has 0 aromatic heterocycles. The molecule has 1 heterocycles. The van der Waals surface area contributed by atoms with Gasteiger partial charge < -0.3 is 10.2 Å². The van der Waals surface area contributed by atoms with E-state index >= 15 is 0 Å². The summed E-state index contributed by atoms with van der Waals surface area (Å²) in [5, 5.41) is 2.68. The number of carbonyl (C=O) groups excluding carboxylic acids is 2. The zero-order valence-corrected chi connectivity index (χ0v) is 13.4. The first-order valence-electron chi connectivity index (χ1n) is 7.87. The second kappa shape index (κ2) is 7.29. The molecule has 1 aliphatic rings. The van der Waals surface area contributed by atoms with Gasteiger partial charge in [0.1, 0.15) is 18.2 Å². The Morgan fingerprint density at radius 1 is 1.04 bits per heavy atom. The van der Waals surface area contributed by atoms with Crippen LogP contribution in [0, 0.1) is 11.6 Å². The van der Waals surface area contributed by atoms with Gasteiger partial charge in [0.15, 0.2) is 0 Å². The first-order valence-corrected chi connectivity index (χ1v) is 7.87. The summed E-state index contributed by atoms with van der Waals surface area (Å²) in [5.74, 6) is -1.14. The number of rotatable bonds is 5. The Labute approximate surface area is 143 Å². The van der Waals surface area contributed by atoms with E-state index in [0.717, 1.165) is 5.56 Å². The Bertz CT molecular complexity index is 780. The van der Waals surface area contributed by atoms with Gasteiger partial charge in [0.2, 0.25) is 5.91 Å². The third-order valence-corrected chi connectivity index (χ3v) is 3.98. The Balaban J connectivity index is 1.55. The van der Waals surface area contributed by atoms with E-state index in [0.29, 0.717) is 13.1 Å². The maximum Gasteiger partial charge on any atom is 0.325 e. The van der Waals surface area contributed by atoms with Crippen molar-refractivity contribution in [2.45, 2.75) is 6.54 Å². The van der Waals surface area contributed by atoms with E-state index < -0.39 is 11.8 Å². The highest BCUT2D eigenvalue weighted by Gasteiger charge is 2.32. The van der Waals surface area contributed by atoms with E-state index in [4.69, 9.17) is 0 Å². The highest BCUT2D eigenvalue weighted by atomic mass is 19.1. The zero-order valence-electron chi connectivity index (χ0n) is 13.4. The second-order valence-electron chi connectivity index (χ2n) is 5.71. The molecule has 2 aromatic rings. The first kappa shape index (κ1) is 16.9. The minimum atomic E-state index is -0.474. The van der Waals surface area contributed by atoms with Gasteiger partial charge in [-0.25, -0.2) is 13.6 Å². The number of urea groups is 1. The molecule has 3 amide bonds. The summed E-state index contributed by atoms with van der Waals surface area (Å²) in [6.07, 6.45) is 0. The molecule has 0 aliphatic carbocycles. The lowest BCUT2D eigenvalue weighted by atomic mass is 10.2. The van der Waals surface area contributed by atoms with Crippen molar-refractivity contribution >= 4 is 17.6 Å². The third kappa shape index (κ3) is 3.93. The molecule has 3 rings (SSSR count). The van der Waals surface area contributed by atoms with E-state index in [9.17, 15) is 18.4 Å². The summed E-state index contributed by atoms with van der Waals surface area (Å²) < 4.78 is 26.7. The van der Waals surface area contributed by atoms with Crippen molar-refractivity contribution in [3.63, 3.8) is 0 Å². The van der Waals surface area contributed by atoms with Crippen LogP contribution >= 0.6 is 0 Å². The van der Waals surface area contributed by atoms with E-state index in [-0.39, 0.29) is 30.5 Å². The molecule has 25 heavy (non-hydrogen) atoms. The van der Waals surface area contributed by atoms with Crippen LogP contribution in [0.2, 0.25) is 0 Å². The largest absolute Gasteiger partial charge is 0.350 e. The van der Waals surface area contributed by atoms with Crippen LogP contribution in [0.1, 0.15) is 5.56 Å². The number of nitrogens with zero attached hydrogens (tertiary/aromatic N) is 2. The molecular weight excluding hydrogens is 328 g/mol. The normalized spacial score (nSPS) is 14.1. The molecule has 0 spiro atoms. The lowest BCUT2D eigenvalue weighted by molar-refractivity contribution is -0.121. The number of hydrogen-bond acceptors (Lipinski definition) is 2. The number of amides is 3. The van der Waals surface area contributed by atoms with Crippen molar-refractivity contribution in [2.24, 2.45) is 0 Å². The molecular formula is C18H17F2N3O2. The highest BCUT2D eigenvalue weighted by molar-refractivity contribution is 5.96. The molecule has 1 saturated heterocycles. The van der Waals surface area contributed by atoms with Crippen molar-refractivity contribution in [3.05, 3.63) is 65.7 Å². The summed E-state index contributed by atoms with van der Waals surface area (Å²) in [4.78, 5) is 27.1. The van der Waals surface area contributed by atoms with Crippen molar-refractivity contribution in [3.8, 4) is 0 Å². The van der Waals surface area contributed by atoms with E-state index in [1.54, 1.807) is 24.3 Å². The monoisotopic (exact) mass is 345 g/mol. The number of anilines is 1. The summed E-state index contributed by atoms with van der Waals surface area (Å²) in [7, 11) is 0. The van der Waals surface area contributed by atoms with Gasteiger partial charge in [-0.05, 0) is 29.8 Å². The van der Waals surface area contributed by atoms with Crippen LogP contribution in [0.5, 0.6) is 0 Å². The van der Waals surface area contributed by atoms with Gasteiger partial charge in [-0.2, -0.15) is 0 Å². The van der Waals surface area contributed by atoms with Crippen molar-refractivity contribution in [1.29, 1.82) is 0 Å². The van der Waals surface area contributed by atoms with Crippen LogP contribution in [0.25, 0.3) is 0 Å². The smallest absolute Gasteiger partial charge is 0.325 e. The van der Waals surface area contributed by atoms with Gasteiger partial charge in [0.25, 0.3) is 0 Å². The van der Waals surface area contributed by atoms with Crippen LogP contribution < -0.4 is 10.2 Å². The quantitative estimate of drug-likeness (QED) is 0.905. The summed E-state index contributed by atoms with van der Waals surface area (Å²) in [6, 6.07) is 11.4. The molecule has 0 bridgehead atoms. The number of halogens is 2. The Kier molecular flexibility index (Phi) is 4.92. The number of carbonyl (C=O) groups is 2. The average molecular weight is 345 g/mol. The number of para-hydroxylation sites is 1. The number of benzene rings is 2. The van der Waals surface area contributed by atoms with Crippen molar-refractivity contribution in [2.75, 3.05) is 24.5 Å². The predicted molar refractivity (Wildman–Crippen MR) is 89.0 cm³/mol. The van der Waals surface area contributed by atoms with Crippen molar-refractivity contribution < 1.29 is 18.4 Å². The molecule has 1 N–H and O–H groups in total. The topological polar surface area (TPSA) is 52.7 Å². The van der Waals surface area contributed by atoms with Gasteiger partial charge in [0, 0.05) is 19.6 Å². The SMILES string of the molecule is O=C(CN1CCN(c2ccccc2F)C1=O)NCc1ccc(F)cc1. The molecule has 2 aromatic carbocycles. The van der Waals surface area contributed by atoms with Crippen LogP contribution in [-0.4, -0.2) is 36.5 Å². The number of nitrogens with one attached hydrogen (secondary N) is 1. The van der Waals surface area contributed by atoms with Crippen molar-refractivity contribution in [1.82, 2.24) is 10.2 Å². The van der Waals surface area contributed by atoms with E-state index in [1.165, 1.54) is 34.1 Å². The minimum Gasteiger partial charge on any atom is -0.350 e. The van der Waals surface area contributed by atoms with Gasteiger partial charge >= 0.3 is 6.03 Å². The minimum absolute atomic E-state index is 0.106. The summed E-state index contributed by atoms with van der Waals surface area (Å²) in [6.45, 7) is 0.811. The fourth-order valence-electron chi connectivity index (χ4n) is 2.66. The fraction of sp³-hybridized carbons (Fsp3) is 0.222. The van der Waals surface area contributed by atoms with Gasteiger partial charge in [-0.15, -0.1) is 0 Å². The summed E-state index contributed by atoms with van der Waals surface area (Å²) in [5.41, 5.74) is 0.970. The predicted octanol–water partition coefficient (Wildman–Crippen LogP) is 2.52. The van der Waals surface area contributed by atoms with E-state index in [2.05, 4.69) is 5.32 Å². The molecule has 1 aliphatic heterocycles. The summed E-state index contributed by atoms with van der Waals surface area (Å²) >= 11 is 0. The van der Waals surface area contributed by atoms with Crippen LogP contribution in [-0.2, 0) is 11.3 Å². The average Bonchev–Trinajstić information content (AvgIpc) is 2.95. The third-order valence-electron chi connectivity index (χ3n) is 3.98. The second-order valence-corrected chi connectivity index (χ2v) is 5.71. The Morgan fingerprint density at radius 3 is 2.48 bits per heavy atom. The number of hydrogen-bond donors (Lipinski definition) is 1. The van der Waals surface area contributed by atoms with Gasteiger partial charge in [0.05, 0.1) is 5.69 Å². The maximum atomic E-state index is 13.8. The molecule has 0 saturated carbocycles. The van der Waals surface area contributed by atoms with Gasteiger partial charge in [-0.3, -0.25) is 9.69 Å². The van der Waals surface area contributed by atoms with Crippen LogP contribution in [0.4, 0.5) is 19.3 Å². The molecule has 7 heteroatoms. The molecule has 0 unspecified atom stereocenters. The highest BCUT2D eigenvalue weighted by Crippen LogP contribution is 2.23. The molecule has 130 valence electrons. The van der Waals surface area contributed by atoms with E-state index in [1.807, 2.05) is 0 Å². The van der Waals surface area contributed by atoms with Crippen LogP contribution in [0.15, 0.2) is 48.5 Å². The Hall–Kier alpha value is -2.96. The molecule has 5 nitrogen and oxygen atoms in total. The molecule has 1 fully saturated rings. The first-order chi connectivity index (χ1) is 12.0. The van der Waals surface area contributed by atoms with Gasteiger partial charge in [-0.1, -0.05) is 24.3 Å². The lowest BCUT2D eigenvalue weighted by Crippen LogP contribution is -2.39.